The van der Waals surface area contributed by atoms with Gasteiger partial charge in [-0.2, -0.15) is 0 Å². The first-order valence-corrected chi connectivity index (χ1v) is 6.14. The largest absolute Gasteiger partial charge is 0.360 e. The molecule has 4 heteroatoms. The normalized spacial score (nSPS) is 13.3. The van der Waals surface area contributed by atoms with E-state index in [-0.39, 0.29) is 6.04 Å². The van der Waals surface area contributed by atoms with Crippen molar-refractivity contribution in [2.45, 2.75) is 19.4 Å². The van der Waals surface area contributed by atoms with E-state index in [1.54, 1.807) is 0 Å². The second-order valence-corrected chi connectivity index (χ2v) is 5.32. The maximum Gasteiger partial charge on any atom is 0.0529 e. The number of aromatic nitrogens is 1. The van der Waals surface area contributed by atoms with E-state index in [1.807, 2.05) is 6.92 Å². The van der Waals surface area contributed by atoms with E-state index in [9.17, 15) is 0 Å². The summed E-state index contributed by atoms with van der Waals surface area (Å²) in [5, 5.41) is 3.69. The van der Waals surface area contributed by atoms with Gasteiger partial charge in [0.15, 0.2) is 0 Å². The van der Waals surface area contributed by atoms with Crippen molar-refractivity contribution in [1.29, 1.82) is 0 Å². The Morgan fingerprint density at radius 2 is 2.13 bits per heavy atom. The van der Waals surface area contributed by atoms with E-state index in [0.29, 0.717) is 0 Å². The average Bonchev–Trinajstić information content (AvgIpc) is 2.48. The van der Waals surface area contributed by atoms with E-state index in [2.05, 4.69) is 41.8 Å². The molecule has 0 radical (unpaired) electrons. The van der Waals surface area contributed by atoms with Gasteiger partial charge in [-0.25, -0.2) is 0 Å². The van der Waals surface area contributed by atoms with Crippen LogP contribution in [0, 0.1) is 0 Å². The molecule has 0 saturated carbocycles. The Morgan fingerprint density at radius 3 is 2.80 bits per heavy atom. The van der Waals surface area contributed by atoms with Crippen molar-refractivity contribution in [2.24, 2.45) is 5.73 Å². The monoisotopic (exact) mass is 238 g/mol. The Kier molecular flexibility index (Phi) is 3.11. The molecule has 0 fully saturated rings. The zero-order valence-electron chi connectivity index (χ0n) is 8.75. The number of benzene rings is 1. The van der Waals surface area contributed by atoms with E-state index in [1.165, 1.54) is 27.1 Å². The summed E-state index contributed by atoms with van der Waals surface area (Å²) in [5.41, 5.74) is 8.32. The molecule has 2 aromatic rings. The van der Waals surface area contributed by atoms with Gasteiger partial charge in [0.05, 0.1) is 5.52 Å². The summed E-state index contributed by atoms with van der Waals surface area (Å²) in [6.45, 7) is 2.03. The summed E-state index contributed by atoms with van der Waals surface area (Å²) >= 11 is 0. The maximum absolute atomic E-state index is 5.83. The smallest absolute Gasteiger partial charge is 0.0529 e. The Balaban J connectivity index is 2.58. The highest BCUT2D eigenvalue weighted by Gasteiger charge is 2.07. The van der Waals surface area contributed by atoms with Crippen LogP contribution in [0.25, 0.3) is 10.9 Å². The summed E-state index contributed by atoms with van der Waals surface area (Å²) in [7, 11) is 5.50. The number of nitrogens with two attached hydrogens (primary N) is 1. The van der Waals surface area contributed by atoms with E-state index in [4.69, 9.17) is 5.73 Å². The third kappa shape index (κ3) is 2.23. The van der Waals surface area contributed by atoms with Gasteiger partial charge in [0.25, 0.3) is 0 Å². The highest BCUT2D eigenvalue weighted by Crippen LogP contribution is 2.18. The van der Waals surface area contributed by atoms with Crippen molar-refractivity contribution in [3.63, 3.8) is 0 Å². The molecule has 1 aromatic carbocycles. The van der Waals surface area contributed by atoms with Crippen LogP contribution < -0.4 is 16.3 Å². The second kappa shape index (κ2) is 4.22. The Labute approximate surface area is 94.4 Å². The van der Waals surface area contributed by atoms with Crippen molar-refractivity contribution in [3.8, 4) is 0 Å². The molecule has 0 aliphatic carbocycles. The molecule has 15 heavy (non-hydrogen) atoms. The minimum Gasteiger partial charge on any atom is -0.360 e. The molecule has 0 saturated heterocycles. The van der Waals surface area contributed by atoms with Crippen molar-refractivity contribution >= 4 is 40.0 Å². The lowest BCUT2D eigenvalue weighted by molar-refractivity contribution is 0.741. The van der Waals surface area contributed by atoms with E-state index < -0.39 is 0 Å². The molecule has 2 nitrogen and oxygen atoms in total. The van der Waals surface area contributed by atoms with Gasteiger partial charge in [-0.3, -0.25) is 0 Å². The number of hydrogen-bond donors (Lipinski definition) is 2. The van der Waals surface area contributed by atoms with Crippen LogP contribution in [0.3, 0.4) is 0 Å². The Bertz CT molecular complexity index is 489. The predicted octanol–water partition coefficient (Wildman–Crippen LogP) is 1.06. The maximum atomic E-state index is 5.83. The third-order valence-corrected chi connectivity index (χ3v) is 3.26. The summed E-state index contributed by atoms with van der Waals surface area (Å²) in [6.07, 6.45) is 2.98. The van der Waals surface area contributed by atoms with Crippen LogP contribution in [-0.4, -0.2) is 11.0 Å². The van der Waals surface area contributed by atoms with Crippen LogP contribution >= 0.6 is 18.5 Å². The lowest BCUT2D eigenvalue weighted by Gasteiger charge is -2.04. The zero-order chi connectivity index (χ0) is 11.0. The van der Waals surface area contributed by atoms with Crippen LogP contribution in [0.2, 0.25) is 0 Å². The van der Waals surface area contributed by atoms with Gasteiger partial charge in [-0.15, -0.1) is 18.5 Å². The van der Waals surface area contributed by atoms with Crippen molar-refractivity contribution in [2.75, 3.05) is 0 Å². The molecule has 3 N–H and O–H groups in total. The summed E-state index contributed by atoms with van der Waals surface area (Å²) in [5.74, 6) is 0. The molecular formula is C11H16N2P2. The Morgan fingerprint density at radius 1 is 1.40 bits per heavy atom. The SMILES string of the molecule is CC(N)Cc1c[nH]c2c(P)cc(P)cc12. The molecule has 80 valence electrons. The van der Waals surface area contributed by atoms with Gasteiger partial charge in [-0.1, -0.05) is 0 Å². The lowest BCUT2D eigenvalue weighted by Crippen LogP contribution is -2.17. The van der Waals surface area contributed by atoms with Gasteiger partial charge in [0.2, 0.25) is 0 Å². The van der Waals surface area contributed by atoms with Crippen LogP contribution in [0.15, 0.2) is 18.3 Å². The fraction of sp³-hybridized carbons (Fsp3) is 0.273. The van der Waals surface area contributed by atoms with Crippen molar-refractivity contribution < 1.29 is 0 Å². The molecule has 1 heterocycles. The minimum absolute atomic E-state index is 0.199. The predicted molar refractivity (Wildman–Crippen MR) is 74.3 cm³/mol. The van der Waals surface area contributed by atoms with Crippen LogP contribution in [0.5, 0.6) is 0 Å². The van der Waals surface area contributed by atoms with E-state index in [0.717, 1.165) is 6.42 Å². The summed E-state index contributed by atoms with van der Waals surface area (Å²) < 4.78 is 0. The van der Waals surface area contributed by atoms with Gasteiger partial charge < -0.3 is 10.7 Å². The number of nitrogens with one attached hydrogen (secondary N) is 1. The molecule has 0 aliphatic rings. The lowest BCUT2D eigenvalue weighted by atomic mass is 10.1. The fourth-order valence-corrected chi connectivity index (χ4v) is 2.82. The summed E-state index contributed by atoms with van der Waals surface area (Å²) in [6, 6.07) is 4.51. The van der Waals surface area contributed by atoms with Gasteiger partial charge >= 0.3 is 0 Å². The van der Waals surface area contributed by atoms with E-state index >= 15 is 0 Å². The highest BCUT2D eigenvalue weighted by molar-refractivity contribution is 7.30. The standard InChI is InChI=1S/C11H16N2P2/c1-6(12)2-7-5-13-11-9(7)3-8(14)4-10(11)15/h3-6,13H,2,12,14-15H2,1H3. The first kappa shape index (κ1) is 11.1. The summed E-state index contributed by atoms with van der Waals surface area (Å²) in [4.78, 5) is 3.30. The third-order valence-electron chi connectivity index (χ3n) is 2.47. The number of fused-ring (bicyclic) bond motifs is 1. The van der Waals surface area contributed by atoms with Gasteiger partial charge in [-0.05, 0) is 41.6 Å². The van der Waals surface area contributed by atoms with Gasteiger partial charge in [0, 0.05) is 17.6 Å². The molecule has 3 unspecified atom stereocenters. The first-order valence-electron chi connectivity index (χ1n) is 4.98. The number of hydrogen-bond acceptors (Lipinski definition) is 1. The molecule has 0 aliphatic heterocycles. The minimum atomic E-state index is 0.199. The molecule has 0 spiro atoms. The molecule has 2 rings (SSSR count). The number of aromatic amines is 1. The highest BCUT2D eigenvalue weighted by atomic mass is 31.0. The number of H-pyrrole nitrogens is 1. The molecule has 1 aromatic heterocycles. The molecular weight excluding hydrogens is 222 g/mol. The number of rotatable bonds is 2. The van der Waals surface area contributed by atoms with Crippen molar-refractivity contribution in [1.82, 2.24) is 4.98 Å². The Hall–Kier alpha value is -0.420. The van der Waals surface area contributed by atoms with Gasteiger partial charge in [0.1, 0.15) is 0 Å². The first-order chi connectivity index (χ1) is 7.08. The van der Waals surface area contributed by atoms with Crippen molar-refractivity contribution in [3.05, 3.63) is 23.9 Å². The van der Waals surface area contributed by atoms with Crippen LogP contribution in [0.1, 0.15) is 12.5 Å². The fourth-order valence-electron chi connectivity index (χ4n) is 1.85. The zero-order valence-corrected chi connectivity index (χ0v) is 11.1. The van der Waals surface area contributed by atoms with Crippen LogP contribution in [-0.2, 0) is 6.42 Å². The topological polar surface area (TPSA) is 41.8 Å². The average molecular weight is 238 g/mol. The quantitative estimate of drug-likeness (QED) is 0.755. The second-order valence-electron chi connectivity index (χ2n) is 4.03. The molecule has 0 bridgehead atoms. The molecule has 3 atom stereocenters. The van der Waals surface area contributed by atoms with Crippen LogP contribution in [0.4, 0.5) is 0 Å². The molecule has 0 amide bonds.